The van der Waals surface area contributed by atoms with Crippen LogP contribution in [0.2, 0.25) is 0 Å². The molecule has 5 aromatic carbocycles. The van der Waals surface area contributed by atoms with Gasteiger partial charge in [0, 0.05) is 0 Å². The highest BCUT2D eigenvalue weighted by Gasteiger charge is 2.25. The van der Waals surface area contributed by atoms with E-state index in [9.17, 15) is 8.42 Å². The summed E-state index contributed by atoms with van der Waals surface area (Å²) < 4.78 is 29.6. The minimum absolute atomic E-state index is 0.0666. The first kappa shape index (κ1) is 31.4. The van der Waals surface area contributed by atoms with Crippen LogP contribution in [0.25, 0.3) is 33.4 Å². The Morgan fingerprint density at radius 2 is 1.07 bits per heavy atom. The maximum atomic E-state index is 10.5. The van der Waals surface area contributed by atoms with Crippen LogP contribution in [0.15, 0.2) is 114 Å². The maximum Gasteiger partial charge on any atom is 0.294 e. The Morgan fingerprint density at radius 3 is 1.59 bits per heavy atom. The summed E-state index contributed by atoms with van der Waals surface area (Å²) in [6, 6.07) is 38.0. The average molecular weight is 603 g/mol. The molecule has 0 aliphatic heterocycles. The fourth-order valence-corrected chi connectivity index (χ4v) is 6.26. The molecule has 0 aromatic heterocycles. The molecule has 1 aliphatic rings. The molecule has 44 heavy (non-hydrogen) atoms. The molecule has 0 heterocycles. The Bertz CT molecular complexity index is 1890. The van der Waals surface area contributed by atoms with Crippen LogP contribution in [0.5, 0.6) is 0 Å². The van der Waals surface area contributed by atoms with Gasteiger partial charge in [0.25, 0.3) is 10.1 Å². The van der Waals surface area contributed by atoms with Gasteiger partial charge >= 0.3 is 0 Å². The molecule has 1 aliphatic carbocycles. The molecule has 0 saturated carbocycles. The van der Waals surface area contributed by atoms with Gasteiger partial charge in [-0.05, 0) is 91.9 Å². The van der Waals surface area contributed by atoms with Crippen molar-refractivity contribution in [2.24, 2.45) is 0 Å². The largest absolute Gasteiger partial charge is 0.294 e. The van der Waals surface area contributed by atoms with Crippen molar-refractivity contribution in [3.05, 3.63) is 137 Å². The van der Waals surface area contributed by atoms with Crippen molar-refractivity contribution in [1.29, 1.82) is 0 Å². The Kier molecular flexibility index (Phi) is 8.45. The Balaban J connectivity index is 0.000000296. The monoisotopic (exact) mass is 602 g/mol. The van der Waals surface area contributed by atoms with Gasteiger partial charge in [-0.1, -0.05) is 144 Å². The second-order valence-corrected chi connectivity index (χ2v) is 15.2. The highest BCUT2D eigenvalue weighted by molar-refractivity contribution is 7.85. The molecule has 0 radical (unpaired) electrons. The molecule has 0 amide bonds. The van der Waals surface area contributed by atoms with Crippen molar-refractivity contribution in [3.8, 4) is 33.4 Å². The van der Waals surface area contributed by atoms with Gasteiger partial charge in [0.2, 0.25) is 0 Å². The SMILES string of the molecule is CC(C)(C)c1ccc(-c2ccc3c(c2-c2ccc(C(C)(C)C)cc2)Cc2ccccc2-3)cc1.Cc1ccc(S(=O)(=O)O)cc1. The fraction of sp³-hybridized carbons (Fsp3) is 0.250. The lowest BCUT2D eigenvalue weighted by Gasteiger charge is -2.22. The lowest BCUT2D eigenvalue weighted by molar-refractivity contribution is 0.483. The summed E-state index contributed by atoms with van der Waals surface area (Å²) in [6.45, 7) is 15.5. The molecule has 1 N–H and O–H groups in total. The zero-order valence-electron chi connectivity index (χ0n) is 26.8. The van der Waals surface area contributed by atoms with Gasteiger partial charge in [0.05, 0.1) is 4.90 Å². The van der Waals surface area contributed by atoms with Gasteiger partial charge in [0.15, 0.2) is 0 Å². The lowest BCUT2D eigenvalue weighted by atomic mass is 9.83. The third-order valence-electron chi connectivity index (χ3n) is 8.41. The van der Waals surface area contributed by atoms with Crippen LogP contribution in [-0.2, 0) is 27.4 Å². The molecule has 0 unspecified atom stereocenters. The normalized spacial score (nSPS) is 12.6. The zero-order chi connectivity index (χ0) is 31.9. The van der Waals surface area contributed by atoms with Gasteiger partial charge < -0.3 is 0 Å². The van der Waals surface area contributed by atoms with Crippen LogP contribution in [0, 0.1) is 6.92 Å². The van der Waals surface area contributed by atoms with E-state index >= 15 is 0 Å². The average Bonchev–Trinajstić information content (AvgIpc) is 3.35. The molecule has 0 atom stereocenters. The van der Waals surface area contributed by atoms with Crippen LogP contribution < -0.4 is 0 Å². The molecule has 0 bridgehead atoms. The first-order valence-electron chi connectivity index (χ1n) is 15.1. The topological polar surface area (TPSA) is 54.4 Å². The molecule has 4 heteroatoms. The summed E-state index contributed by atoms with van der Waals surface area (Å²) in [5, 5.41) is 0. The van der Waals surface area contributed by atoms with Crippen molar-refractivity contribution in [2.45, 2.75) is 70.6 Å². The van der Waals surface area contributed by atoms with Gasteiger partial charge in [0.1, 0.15) is 0 Å². The number of aryl methyl sites for hydroxylation is 1. The highest BCUT2D eigenvalue weighted by atomic mass is 32.2. The molecule has 3 nitrogen and oxygen atoms in total. The van der Waals surface area contributed by atoms with Crippen LogP contribution in [-0.4, -0.2) is 13.0 Å². The Hall–Kier alpha value is -3.99. The minimum atomic E-state index is -4.02. The predicted octanol–water partition coefficient (Wildman–Crippen LogP) is 10.4. The van der Waals surface area contributed by atoms with Crippen molar-refractivity contribution in [2.75, 3.05) is 0 Å². The quantitative estimate of drug-likeness (QED) is 0.205. The summed E-state index contributed by atoms with van der Waals surface area (Å²) in [5.74, 6) is 0. The number of hydrogen-bond donors (Lipinski definition) is 1. The van der Waals surface area contributed by atoms with E-state index in [0.717, 1.165) is 12.0 Å². The number of benzene rings is 5. The van der Waals surface area contributed by atoms with E-state index in [1.54, 1.807) is 12.1 Å². The third kappa shape index (κ3) is 6.72. The highest BCUT2D eigenvalue weighted by Crippen LogP contribution is 2.46. The number of rotatable bonds is 3. The van der Waals surface area contributed by atoms with E-state index in [2.05, 4.69) is 126 Å². The zero-order valence-corrected chi connectivity index (χ0v) is 27.6. The molecule has 226 valence electrons. The first-order valence-corrected chi connectivity index (χ1v) is 16.6. The Morgan fingerprint density at radius 1 is 0.568 bits per heavy atom. The lowest BCUT2D eigenvalue weighted by Crippen LogP contribution is -2.10. The minimum Gasteiger partial charge on any atom is -0.282 e. The van der Waals surface area contributed by atoms with Crippen LogP contribution in [0.4, 0.5) is 0 Å². The second kappa shape index (κ2) is 11.8. The summed E-state index contributed by atoms with van der Waals surface area (Å²) in [5.41, 5.74) is 15.0. The van der Waals surface area contributed by atoms with Crippen molar-refractivity contribution in [1.82, 2.24) is 0 Å². The summed E-state index contributed by atoms with van der Waals surface area (Å²) in [4.78, 5) is -0.0666. The van der Waals surface area contributed by atoms with E-state index in [-0.39, 0.29) is 15.7 Å². The summed E-state index contributed by atoms with van der Waals surface area (Å²) in [7, 11) is -4.02. The van der Waals surface area contributed by atoms with E-state index < -0.39 is 10.1 Å². The van der Waals surface area contributed by atoms with E-state index in [4.69, 9.17) is 4.55 Å². The molecule has 0 fully saturated rings. The van der Waals surface area contributed by atoms with E-state index in [0.29, 0.717) is 0 Å². The van der Waals surface area contributed by atoms with Crippen LogP contribution in [0.3, 0.4) is 0 Å². The molecule has 6 rings (SSSR count). The van der Waals surface area contributed by atoms with E-state index in [1.165, 1.54) is 67.8 Å². The molecule has 0 saturated heterocycles. The maximum absolute atomic E-state index is 10.5. The number of hydrogen-bond acceptors (Lipinski definition) is 2. The summed E-state index contributed by atoms with van der Waals surface area (Å²) in [6.07, 6.45) is 0.996. The molecule has 5 aromatic rings. The standard InChI is InChI=1S/C33H34.C7H8O3S/c1-32(2,3)25-15-11-22(12-16-25)28-19-20-29-27-10-8-7-9-24(27)21-30(29)31(28)23-13-17-26(18-14-23)33(4,5)6;1-6-2-4-7(5-3-6)11(8,9)10/h7-20H,21H2,1-6H3;2-5H,1H3,(H,8,9,10). The Labute approximate surface area is 263 Å². The van der Waals surface area contributed by atoms with Gasteiger partial charge in [-0.15, -0.1) is 0 Å². The predicted molar refractivity (Wildman–Crippen MR) is 184 cm³/mol. The second-order valence-electron chi connectivity index (χ2n) is 13.8. The molecular formula is C40H42O3S. The smallest absolute Gasteiger partial charge is 0.282 e. The number of fused-ring (bicyclic) bond motifs is 3. The first-order chi connectivity index (χ1) is 20.6. The van der Waals surface area contributed by atoms with Crippen LogP contribution >= 0.6 is 0 Å². The van der Waals surface area contributed by atoms with Gasteiger partial charge in [-0.25, -0.2) is 0 Å². The summed E-state index contributed by atoms with van der Waals surface area (Å²) >= 11 is 0. The van der Waals surface area contributed by atoms with Gasteiger partial charge in [-0.2, -0.15) is 8.42 Å². The van der Waals surface area contributed by atoms with Crippen molar-refractivity contribution in [3.63, 3.8) is 0 Å². The van der Waals surface area contributed by atoms with Crippen molar-refractivity contribution < 1.29 is 13.0 Å². The fourth-order valence-electron chi connectivity index (χ4n) is 5.78. The third-order valence-corrected chi connectivity index (χ3v) is 9.28. The van der Waals surface area contributed by atoms with Crippen LogP contribution in [0.1, 0.15) is 69.4 Å². The van der Waals surface area contributed by atoms with E-state index in [1.807, 2.05) is 6.92 Å². The van der Waals surface area contributed by atoms with Gasteiger partial charge in [-0.3, -0.25) is 4.55 Å². The van der Waals surface area contributed by atoms with Crippen molar-refractivity contribution >= 4 is 10.1 Å². The molecular weight excluding hydrogens is 561 g/mol. The molecule has 0 spiro atoms.